The Labute approximate surface area is 113 Å². The van der Waals surface area contributed by atoms with Crippen LogP contribution in [0.5, 0.6) is 0 Å². The van der Waals surface area contributed by atoms with Crippen LogP contribution in [0.2, 0.25) is 0 Å². The minimum atomic E-state index is -0.569. The van der Waals surface area contributed by atoms with E-state index in [-0.39, 0.29) is 0 Å². The first-order valence-corrected chi connectivity index (χ1v) is 6.47. The fraction of sp³-hybridized carbons (Fsp3) is 0.0769. The molecule has 3 rings (SSSR count). The van der Waals surface area contributed by atoms with Crippen molar-refractivity contribution in [2.75, 3.05) is 5.32 Å². The van der Waals surface area contributed by atoms with E-state index < -0.39 is 11.7 Å². The third-order valence-corrected chi connectivity index (χ3v) is 3.48. The lowest BCUT2D eigenvalue weighted by Gasteiger charge is -2.04. The Morgan fingerprint density at radius 3 is 2.95 bits per heavy atom. The fourth-order valence-corrected chi connectivity index (χ4v) is 2.48. The van der Waals surface area contributed by atoms with Gasteiger partial charge in [0.2, 0.25) is 0 Å². The van der Waals surface area contributed by atoms with Crippen LogP contribution in [-0.2, 0) is 11.3 Å². The van der Waals surface area contributed by atoms with Crippen LogP contribution in [0.1, 0.15) is 16.1 Å². The van der Waals surface area contributed by atoms with Crippen molar-refractivity contribution in [3.8, 4) is 0 Å². The molecule has 0 spiro atoms. The van der Waals surface area contributed by atoms with Crippen molar-refractivity contribution in [1.82, 2.24) is 4.72 Å². The second kappa shape index (κ2) is 4.91. The summed E-state index contributed by atoms with van der Waals surface area (Å²) in [4.78, 5) is 23.6. The number of fused-ring (bicyclic) bond motifs is 1. The maximum absolute atomic E-state index is 11.6. The molecule has 0 unspecified atom stereocenters. The Hall–Kier alpha value is -2.05. The molecule has 0 bridgehead atoms. The van der Waals surface area contributed by atoms with Gasteiger partial charge in [-0.3, -0.25) is 14.3 Å². The number of benzene rings is 1. The van der Waals surface area contributed by atoms with Crippen molar-refractivity contribution in [2.24, 2.45) is 0 Å². The maximum atomic E-state index is 11.6. The van der Waals surface area contributed by atoms with Gasteiger partial charge in [-0.25, -0.2) is 0 Å². The van der Waals surface area contributed by atoms with Gasteiger partial charge >= 0.3 is 0 Å². The highest BCUT2D eigenvalue weighted by Gasteiger charge is 2.27. The van der Waals surface area contributed by atoms with Crippen molar-refractivity contribution in [2.45, 2.75) is 11.4 Å². The van der Waals surface area contributed by atoms with Crippen molar-refractivity contribution in [1.29, 1.82) is 0 Å². The first-order valence-electron chi connectivity index (χ1n) is 5.66. The Morgan fingerprint density at radius 2 is 2.16 bits per heavy atom. The van der Waals surface area contributed by atoms with Crippen LogP contribution >= 0.6 is 11.9 Å². The van der Waals surface area contributed by atoms with Crippen molar-refractivity contribution in [3.05, 3.63) is 47.9 Å². The Bertz CT molecular complexity index is 637. The Kier molecular flexibility index (Phi) is 3.10. The number of carbonyl (C=O) groups excluding carboxylic acids is 2. The average molecular weight is 274 g/mol. The van der Waals surface area contributed by atoms with Gasteiger partial charge in [0.1, 0.15) is 5.76 Å². The van der Waals surface area contributed by atoms with Crippen LogP contribution in [0.25, 0.3) is 0 Å². The van der Waals surface area contributed by atoms with E-state index in [4.69, 9.17) is 4.42 Å². The number of amides is 1. The summed E-state index contributed by atoms with van der Waals surface area (Å²) in [5.41, 5.74) is 1.00. The predicted molar refractivity (Wildman–Crippen MR) is 70.8 cm³/mol. The number of rotatable bonds is 4. The fourth-order valence-electron chi connectivity index (χ4n) is 1.79. The maximum Gasteiger partial charge on any atom is 0.296 e. The lowest BCUT2D eigenvalue weighted by atomic mass is 10.1. The molecule has 1 aromatic carbocycles. The van der Waals surface area contributed by atoms with Gasteiger partial charge in [0, 0.05) is 4.90 Å². The zero-order valence-electron chi connectivity index (χ0n) is 9.80. The van der Waals surface area contributed by atoms with Gasteiger partial charge in [-0.05, 0) is 42.3 Å². The second-order valence-corrected chi connectivity index (χ2v) is 4.96. The number of furan rings is 1. The minimum Gasteiger partial charge on any atom is -0.468 e. The largest absolute Gasteiger partial charge is 0.468 e. The molecule has 2 aromatic rings. The molecule has 1 amide bonds. The molecule has 0 saturated carbocycles. The first-order chi connectivity index (χ1) is 9.24. The van der Waals surface area contributed by atoms with Gasteiger partial charge in [-0.2, -0.15) is 0 Å². The summed E-state index contributed by atoms with van der Waals surface area (Å²) in [6.07, 6.45) is 1.62. The number of hydrogen-bond donors (Lipinski definition) is 2. The van der Waals surface area contributed by atoms with E-state index in [1.165, 1.54) is 11.9 Å². The number of Topliss-reactive ketones (excluding diaryl/α,β-unsaturated/α-hetero) is 1. The summed E-state index contributed by atoms with van der Waals surface area (Å²) in [7, 11) is 0. The molecule has 1 aliphatic rings. The third-order valence-electron chi connectivity index (χ3n) is 2.71. The molecule has 0 fully saturated rings. The third kappa shape index (κ3) is 2.40. The quantitative estimate of drug-likeness (QED) is 0.660. The van der Waals surface area contributed by atoms with Gasteiger partial charge in [0.05, 0.1) is 24.1 Å². The first kappa shape index (κ1) is 12.0. The van der Waals surface area contributed by atoms with Gasteiger partial charge in [-0.15, -0.1) is 0 Å². The summed E-state index contributed by atoms with van der Waals surface area (Å²) in [6.45, 7) is 0.583. The van der Waals surface area contributed by atoms with E-state index in [9.17, 15) is 9.59 Å². The SMILES string of the molecule is O=C1Nc2ccc(SNCc3ccco3)cc2C1=O. The van der Waals surface area contributed by atoms with E-state index in [0.29, 0.717) is 17.8 Å². The molecule has 1 aliphatic heterocycles. The summed E-state index contributed by atoms with van der Waals surface area (Å²) in [5.74, 6) is -0.217. The average Bonchev–Trinajstić information content (AvgIpc) is 3.01. The highest BCUT2D eigenvalue weighted by Crippen LogP contribution is 2.27. The molecular weight excluding hydrogens is 264 g/mol. The van der Waals surface area contributed by atoms with Gasteiger partial charge < -0.3 is 9.73 Å². The van der Waals surface area contributed by atoms with E-state index in [2.05, 4.69) is 10.0 Å². The molecule has 19 heavy (non-hydrogen) atoms. The lowest BCUT2D eigenvalue weighted by Crippen LogP contribution is -2.12. The van der Waals surface area contributed by atoms with Crippen LogP contribution in [-0.4, -0.2) is 11.7 Å². The highest BCUT2D eigenvalue weighted by atomic mass is 32.2. The Balaban J connectivity index is 1.67. The highest BCUT2D eigenvalue weighted by molar-refractivity contribution is 7.97. The number of carbonyl (C=O) groups is 2. The number of anilines is 1. The van der Waals surface area contributed by atoms with Gasteiger partial charge in [-0.1, -0.05) is 0 Å². The molecule has 2 N–H and O–H groups in total. The second-order valence-electron chi connectivity index (χ2n) is 3.99. The molecular formula is C13H10N2O3S. The molecule has 0 radical (unpaired) electrons. The molecule has 96 valence electrons. The molecule has 0 atom stereocenters. The van der Waals surface area contributed by atoms with Crippen LogP contribution in [0.15, 0.2) is 45.9 Å². The molecule has 2 heterocycles. The van der Waals surface area contributed by atoms with Crippen LogP contribution in [0, 0.1) is 0 Å². The van der Waals surface area contributed by atoms with Crippen molar-refractivity contribution >= 4 is 29.3 Å². The van der Waals surface area contributed by atoms with Crippen LogP contribution in [0.3, 0.4) is 0 Å². The van der Waals surface area contributed by atoms with E-state index >= 15 is 0 Å². The van der Waals surface area contributed by atoms with E-state index in [1.807, 2.05) is 18.2 Å². The Morgan fingerprint density at radius 1 is 1.26 bits per heavy atom. The summed E-state index contributed by atoms with van der Waals surface area (Å²) >= 11 is 1.39. The number of nitrogens with one attached hydrogen (secondary N) is 2. The monoisotopic (exact) mass is 274 g/mol. The van der Waals surface area contributed by atoms with Crippen molar-refractivity contribution < 1.29 is 14.0 Å². The minimum absolute atomic E-state index is 0.426. The summed E-state index contributed by atoms with van der Waals surface area (Å²) in [6, 6.07) is 8.98. The lowest BCUT2D eigenvalue weighted by molar-refractivity contribution is -0.112. The summed E-state index contributed by atoms with van der Waals surface area (Å²) in [5, 5.41) is 2.52. The summed E-state index contributed by atoms with van der Waals surface area (Å²) < 4.78 is 8.32. The van der Waals surface area contributed by atoms with Gasteiger partial charge in [0.25, 0.3) is 11.7 Å². The zero-order valence-corrected chi connectivity index (χ0v) is 10.6. The topological polar surface area (TPSA) is 71.3 Å². The van der Waals surface area contributed by atoms with E-state index in [0.717, 1.165) is 10.7 Å². The predicted octanol–water partition coefficient (Wildman–Crippen LogP) is 2.21. The molecule has 0 aliphatic carbocycles. The van der Waals surface area contributed by atoms with Gasteiger partial charge in [0.15, 0.2) is 0 Å². The van der Waals surface area contributed by atoms with E-state index in [1.54, 1.807) is 18.4 Å². The number of ketones is 1. The number of hydrogen-bond acceptors (Lipinski definition) is 5. The standard InChI is InChI=1S/C13H10N2O3S/c16-12-10-6-9(3-4-11(10)15-13(12)17)19-14-7-8-2-1-5-18-8/h1-6,14H,7H2,(H,15,16,17). The zero-order chi connectivity index (χ0) is 13.2. The van der Waals surface area contributed by atoms with Crippen LogP contribution < -0.4 is 10.0 Å². The van der Waals surface area contributed by atoms with Crippen molar-refractivity contribution in [3.63, 3.8) is 0 Å². The normalized spacial score (nSPS) is 13.5. The molecule has 5 nitrogen and oxygen atoms in total. The molecule has 1 aromatic heterocycles. The smallest absolute Gasteiger partial charge is 0.296 e. The molecule has 0 saturated heterocycles. The van der Waals surface area contributed by atoms with Crippen LogP contribution in [0.4, 0.5) is 5.69 Å². The molecule has 6 heteroatoms.